The highest BCUT2D eigenvalue weighted by molar-refractivity contribution is 6.30. The minimum Gasteiger partial charge on any atom is -0.472 e. The molecule has 1 unspecified atom stereocenters. The topological polar surface area (TPSA) is 140 Å². The molecular weight excluding hydrogens is 606 g/mol. The summed E-state index contributed by atoms with van der Waals surface area (Å²) in [5, 5.41) is 11.5. The van der Waals surface area contributed by atoms with Crippen LogP contribution in [0.3, 0.4) is 0 Å². The number of hydrogen-bond donors (Lipinski definition) is 2. The maximum absolute atomic E-state index is 14.5. The van der Waals surface area contributed by atoms with Crippen LogP contribution in [0.4, 0.5) is 0 Å². The average Bonchev–Trinajstić information content (AvgIpc) is 3.74. The van der Waals surface area contributed by atoms with Gasteiger partial charge in [0, 0.05) is 43.9 Å². The van der Waals surface area contributed by atoms with Gasteiger partial charge in [-0.25, -0.2) is 4.98 Å². The molecule has 256 valence electrons. The van der Waals surface area contributed by atoms with E-state index in [1.54, 1.807) is 17.0 Å². The highest BCUT2D eigenvalue weighted by atomic mass is 35.5. The van der Waals surface area contributed by atoms with Gasteiger partial charge in [-0.05, 0) is 61.3 Å². The molecule has 0 spiro atoms. The Labute approximate surface area is 279 Å². The number of amides is 1. The third-order valence-electron chi connectivity index (χ3n) is 10.3. The van der Waals surface area contributed by atoms with E-state index >= 15 is 0 Å². The number of carbonyl (C=O) groups excluding carboxylic acids is 4. The van der Waals surface area contributed by atoms with Crippen molar-refractivity contribution in [2.24, 2.45) is 34.8 Å². The Bertz CT molecular complexity index is 1210. The van der Waals surface area contributed by atoms with Crippen molar-refractivity contribution in [1.29, 1.82) is 0 Å². The lowest BCUT2D eigenvalue weighted by Gasteiger charge is -2.36. The number of Topliss-reactive ketones (excluding diaryl/α,β-unsaturated/α-hetero) is 3. The summed E-state index contributed by atoms with van der Waals surface area (Å²) < 4.78 is 6.14. The molecule has 10 heteroatoms. The molecule has 1 aromatic heterocycles. The summed E-state index contributed by atoms with van der Waals surface area (Å²) in [6, 6.07) is 1.88. The summed E-state index contributed by atoms with van der Waals surface area (Å²) in [4.78, 5) is 60.7. The molecule has 1 aromatic rings. The number of aliphatic hydroxyl groups excluding tert-OH is 1. The van der Waals surface area contributed by atoms with Crippen molar-refractivity contribution in [3.05, 3.63) is 23.4 Å². The highest BCUT2D eigenvalue weighted by Crippen LogP contribution is 2.37. The maximum atomic E-state index is 14.5. The molecule has 2 heterocycles. The maximum Gasteiger partial charge on any atom is 0.227 e. The van der Waals surface area contributed by atoms with E-state index in [4.69, 9.17) is 22.1 Å². The van der Waals surface area contributed by atoms with E-state index in [9.17, 15) is 24.3 Å². The van der Waals surface area contributed by atoms with Gasteiger partial charge in [0.1, 0.15) is 12.2 Å². The van der Waals surface area contributed by atoms with Gasteiger partial charge in [-0.15, -0.1) is 0 Å². The minimum atomic E-state index is -1.21. The molecule has 1 saturated heterocycles. The number of nitrogens with two attached hydrogens (primary N) is 1. The Kier molecular flexibility index (Phi) is 12.8. The summed E-state index contributed by atoms with van der Waals surface area (Å²) in [6.07, 6.45) is 8.71. The van der Waals surface area contributed by atoms with Crippen LogP contribution in [0.2, 0.25) is 5.02 Å². The van der Waals surface area contributed by atoms with E-state index in [0.29, 0.717) is 36.1 Å². The molecule has 2 aliphatic carbocycles. The van der Waals surface area contributed by atoms with Gasteiger partial charge in [0.15, 0.2) is 17.3 Å². The lowest BCUT2D eigenvalue weighted by atomic mass is 9.74. The fourth-order valence-electron chi connectivity index (χ4n) is 7.22. The first-order chi connectivity index (χ1) is 21.8. The second-order valence-electron chi connectivity index (χ2n) is 15.1. The Hall–Kier alpha value is -2.36. The Morgan fingerprint density at radius 3 is 2.35 bits per heavy atom. The molecule has 6 atom stereocenters. The van der Waals surface area contributed by atoms with E-state index < -0.39 is 41.5 Å². The Morgan fingerprint density at radius 2 is 1.76 bits per heavy atom. The van der Waals surface area contributed by atoms with Crippen molar-refractivity contribution >= 4 is 34.9 Å². The number of carbonyl (C=O) groups is 4. The van der Waals surface area contributed by atoms with Crippen LogP contribution in [0.5, 0.6) is 5.88 Å². The smallest absolute Gasteiger partial charge is 0.227 e. The summed E-state index contributed by atoms with van der Waals surface area (Å²) in [5.41, 5.74) is 5.92. The van der Waals surface area contributed by atoms with Crippen LogP contribution in [-0.2, 0) is 19.2 Å². The van der Waals surface area contributed by atoms with Crippen LogP contribution >= 0.6 is 11.6 Å². The molecule has 1 aliphatic heterocycles. The van der Waals surface area contributed by atoms with Gasteiger partial charge in [0.2, 0.25) is 11.8 Å². The third kappa shape index (κ3) is 9.83. The summed E-state index contributed by atoms with van der Waals surface area (Å²) in [7, 11) is 0. The zero-order valence-corrected chi connectivity index (χ0v) is 28.8. The second-order valence-corrected chi connectivity index (χ2v) is 15.5. The lowest BCUT2D eigenvalue weighted by molar-refractivity contribution is -0.146. The molecule has 0 bridgehead atoms. The first-order valence-corrected chi connectivity index (χ1v) is 17.8. The van der Waals surface area contributed by atoms with Gasteiger partial charge in [-0.1, -0.05) is 65.0 Å². The fraction of sp³-hybridized carbons (Fsp3) is 0.750. The van der Waals surface area contributed by atoms with Gasteiger partial charge in [0.25, 0.3) is 0 Å². The third-order valence-corrected chi connectivity index (χ3v) is 10.5. The molecule has 9 nitrogen and oxygen atoms in total. The van der Waals surface area contributed by atoms with Crippen LogP contribution in [0.15, 0.2) is 18.3 Å². The zero-order chi connectivity index (χ0) is 33.6. The van der Waals surface area contributed by atoms with Crippen LogP contribution in [0.25, 0.3) is 0 Å². The number of halogens is 1. The zero-order valence-electron chi connectivity index (χ0n) is 28.1. The molecule has 46 heavy (non-hydrogen) atoms. The normalized spacial score (nSPS) is 23.4. The molecule has 2 saturated carbocycles. The van der Waals surface area contributed by atoms with Crippen LogP contribution < -0.4 is 10.5 Å². The van der Waals surface area contributed by atoms with Crippen LogP contribution in [0.1, 0.15) is 111 Å². The Morgan fingerprint density at radius 1 is 1.07 bits per heavy atom. The predicted molar refractivity (Wildman–Crippen MR) is 177 cm³/mol. The van der Waals surface area contributed by atoms with Crippen molar-refractivity contribution < 1.29 is 29.0 Å². The number of likely N-dealkylation sites (tertiary alicyclic amines) is 1. The summed E-state index contributed by atoms with van der Waals surface area (Å²) in [5.74, 6) is -1.20. The van der Waals surface area contributed by atoms with E-state index in [2.05, 4.69) is 4.98 Å². The van der Waals surface area contributed by atoms with Crippen molar-refractivity contribution in [1.82, 2.24) is 9.88 Å². The molecule has 4 rings (SSSR count). The molecule has 3 fully saturated rings. The number of hydrogen-bond acceptors (Lipinski definition) is 8. The van der Waals surface area contributed by atoms with Gasteiger partial charge < -0.3 is 20.5 Å². The number of pyridine rings is 1. The van der Waals surface area contributed by atoms with Crippen LogP contribution in [-0.4, -0.2) is 69.1 Å². The number of ether oxygens (including phenoxy) is 1. The van der Waals surface area contributed by atoms with Crippen molar-refractivity contribution in [3.63, 3.8) is 0 Å². The quantitative estimate of drug-likeness (QED) is 0.230. The summed E-state index contributed by atoms with van der Waals surface area (Å²) in [6.45, 7) is 7.93. The number of nitrogens with zero attached hydrogens (tertiary/aromatic N) is 2. The number of aliphatic hydroxyl groups is 1. The SMILES string of the molecule is CCC[C@H](CC(=O)[C@@H]1C[C@@H](Oc2ccc(Cl)cn2)CN1C(=O)[C@@H](CC(=O)[C@@H](N)C1CCCCC1)C(C)(C)C)C(O)C(=O)CC1CC1. The standard InChI is InChI=1S/C36H54ClN3O6/c1-5-9-24(34(44)31(43)16-22-12-13-22)17-29(41)28-18-26(46-32-15-14-25(37)20-39-32)21-40(28)35(45)27(36(2,3)4)19-30(42)33(38)23-10-7-6-8-11-23/h14-15,20,22-24,26-28,33-34,44H,5-13,16-19,21,38H2,1-4H3/t24-,26-,27-,28+,33+,34?/m1/s1. The van der Waals surface area contributed by atoms with Gasteiger partial charge >= 0.3 is 0 Å². The van der Waals surface area contributed by atoms with E-state index in [0.717, 1.165) is 44.9 Å². The number of ketones is 3. The molecular formula is C36H54ClN3O6. The second kappa shape index (κ2) is 16.2. The monoisotopic (exact) mass is 659 g/mol. The van der Waals surface area contributed by atoms with E-state index in [1.165, 1.54) is 6.20 Å². The molecule has 3 aliphatic rings. The van der Waals surface area contributed by atoms with Crippen molar-refractivity contribution in [3.8, 4) is 5.88 Å². The molecule has 1 amide bonds. The largest absolute Gasteiger partial charge is 0.472 e. The lowest BCUT2D eigenvalue weighted by Crippen LogP contribution is -2.49. The minimum absolute atomic E-state index is 0.00845. The molecule has 0 radical (unpaired) electrons. The van der Waals surface area contributed by atoms with Gasteiger partial charge in [0.05, 0.1) is 23.7 Å². The first kappa shape index (κ1) is 36.5. The molecule has 0 aromatic carbocycles. The van der Waals surface area contributed by atoms with E-state index in [1.807, 2.05) is 27.7 Å². The highest BCUT2D eigenvalue weighted by Gasteiger charge is 2.47. The fourth-order valence-corrected chi connectivity index (χ4v) is 7.33. The predicted octanol–water partition coefficient (Wildman–Crippen LogP) is 5.72. The summed E-state index contributed by atoms with van der Waals surface area (Å²) >= 11 is 6.00. The van der Waals surface area contributed by atoms with Gasteiger partial charge in [-0.3, -0.25) is 19.2 Å². The van der Waals surface area contributed by atoms with Crippen molar-refractivity contribution in [2.75, 3.05) is 6.54 Å². The first-order valence-electron chi connectivity index (χ1n) is 17.4. The average molecular weight is 660 g/mol. The Balaban J connectivity index is 1.55. The number of aromatic nitrogens is 1. The number of rotatable bonds is 16. The molecule has 3 N–H and O–H groups in total. The van der Waals surface area contributed by atoms with Gasteiger partial charge in [-0.2, -0.15) is 0 Å². The van der Waals surface area contributed by atoms with Crippen molar-refractivity contribution in [2.45, 2.75) is 135 Å². The van der Waals surface area contributed by atoms with E-state index in [-0.39, 0.29) is 55.0 Å². The van der Waals surface area contributed by atoms with Crippen LogP contribution in [0, 0.1) is 29.1 Å².